The molecular weight excluding hydrogens is 1050 g/mol. The van der Waals surface area contributed by atoms with Crippen LogP contribution < -0.4 is 0 Å². The highest BCUT2D eigenvalue weighted by Gasteiger charge is 2.40. The Morgan fingerprint density at radius 3 is 0.759 bits per heavy atom. The molecule has 0 atom stereocenters. The fraction of sp³-hybridized carbons (Fsp3) is 0.619. The number of carbonyl (C=O) groups is 2. The van der Waals surface area contributed by atoms with Crippen molar-refractivity contribution in [3.8, 4) is 23.7 Å². The van der Waals surface area contributed by atoms with Crippen LogP contribution in [0.15, 0.2) is 51.1 Å². The lowest BCUT2D eigenvalue weighted by atomic mass is 9.89. The Kier molecular flexibility index (Phi) is 23.2. The van der Waals surface area contributed by atoms with Crippen LogP contribution in [0.1, 0.15) is 270 Å². The maximum atomic E-state index is 15.5. The number of nitrogens with zero attached hydrogens (tertiary/aromatic N) is 3. The summed E-state index contributed by atoms with van der Waals surface area (Å²) in [6, 6.07) is 11.3. The van der Waals surface area contributed by atoms with Crippen molar-refractivity contribution in [3.05, 3.63) is 86.5 Å². The first-order chi connectivity index (χ1) is 36.0. The molecule has 0 fully saturated rings. The van der Waals surface area contributed by atoms with Crippen LogP contribution in [-0.4, -0.2) is 87.7 Å². The van der Waals surface area contributed by atoms with E-state index in [9.17, 15) is 9.59 Å². The highest BCUT2D eigenvalue weighted by molar-refractivity contribution is 7.90. The normalized spacial score (nSPS) is 12.8. The number of hydrogen-bond donors (Lipinski definition) is 0. The lowest BCUT2D eigenvalue weighted by Gasteiger charge is -2.29. The SMILES string of the molecule is CC(C)c1cc(C(C)C)c(S(=O)(=O)N(CC#CCN(C(=O)OC(C)(C)C)S(=O)(=O)c2c(C(C)C)cc(C(C)C)cc2C(C)C)CC#CCN(C(=O)OC(C)(C)C)S(=O)(=O)c2c(C(C)C)cc(C(C)C)cc2C(C)C)c(C(C)C)c1. The minimum absolute atomic E-state index is 0.00261. The Morgan fingerprint density at radius 2 is 0.570 bits per heavy atom. The highest BCUT2D eigenvalue weighted by atomic mass is 32.2. The smallest absolute Gasteiger partial charge is 0.425 e. The summed E-state index contributed by atoms with van der Waals surface area (Å²) in [5, 5.41) is 0. The molecule has 0 heterocycles. The molecule has 2 amide bonds. The quantitative estimate of drug-likeness (QED) is 0.105. The molecule has 79 heavy (non-hydrogen) atoms. The van der Waals surface area contributed by atoms with Crippen molar-refractivity contribution in [3.63, 3.8) is 0 Å². The summed E-state index contributed by atoms with van der Waals surface area (Å²) < 4.78 is 105. The Bertz CT molecular complexity index is 2900. The predicted molar refractivity (Wildman–Crippen MR) is 321 cm³/mol. The zero-order valence-electron chi connectivity index (χ0n) is 52.1. The van der Waals surface area contributed by atoms with E-state index in [4.69, 9.17) is 9.47 Å². The van der Waals surface area contributed by atoms with E-state index in [0.717, 1.165) is 21.0 Å². The summed E-state index contributed by atoms with van der Waals surface area (Å²) in [6.45, 7) is 42.4. The monoisotopic (exact) mass is 1150 g/mol. The van der Waals surface area contributed by atoms with Crippen molar-refractivity contribution in [2.24, 2.45) is 0 Å². The molecule has 13 nitrogen and oxygen atoms in total. The molecule has 3 aromatic rings. The maximum Gasteiger partial charge on any atom is 0.425 e. The van der Waals surface area contributed by atoms with Gasteiger partial charge in [0.05, 0.1) is 27.8 Å². The van der Waals surface area contributed by atoms with E-state index in [1.807, 2.05) is 161 Å². The van der Waals surface area contributed by atoms with Crippen LogP contribution in [0.5, 0.6) is 0 Å². The van der Waals surface area contributed by atoms with Gasteiger partial charge in [-0.1, -0.05) is 185 Å². The third-order valence-electron chi connectivity index (χ3n) is 13.3. The molecule has 440 valence electrons. The summed E-state index contributed by atoms with van der Waals surface area (Å²) in [7, 11) is -13.9. The van der Waals surface area contributed by atoms with Gasteiger partial charge in [-0.05, 0) is 145 Å². The van der Waals surface area contributed by atoms with Gasteiger partial charge in [-0.3, -0.25) is 0 Å². The topological polar surface area (TPSA) is 165 Å². The average molecular weight is 1150 g/mol. The Morgan fingerprint density at radius 1 is 0.367 bits per heavy atom. The van der Waals surface area contributed by atoms with Gasteiger partial charge in [0.1, 0.15) is 24.3 Å². The van der Waals surface area contributed by atoms with E-state index in [1.165, 1.54) is 0 Å². The number of sulfonamides is 3. The summed E-state index contributed by atoms with van der Waals surface area (Å²) in [5.74, 6) is 10.2. The van der Waals surface area contributed by atoms with Crippen molar-refractivity contribution in [2.45, 2.75) is 245 Å². The van der Waals surface area contributed by atoms with Crippen LogP contribution in [0.25, 0.3) is 0 Å². The standard InChI is InChI=1S/C63H95N3O10S3/c1-39(2)48-33-51(42(7)8)57(52(34-48)43(9)10)77(69,70)64(29-25-27-31-65(60(67)75-62(19,20)21)78(71,72)58-53(44(11)12)35-49(40(3)4)36-54(58)45(13)14)30-26-28-32-66(61(68)76-63(22,23)24)79(73,74)59-55(46(15)16)37-50(41(5)6)38-56(59)47(17)18/h33-47H,29-32H2,1-24H3. The minimum Gasteiger partial charge on any atom is -0.443 e. The number of amides is 2. The van der Waals surface area contributed by atoms with Gasteiger partial charge >= 0.3 is 12.2 Å². The van der Waals surface area contributed by atoms with Crippen LogP contribution in [-0.2, 0) is 39.5 Å². The molecule has 0 aromatic heterocycles. The number of rotatable bonds is 19. The van der Waals surface area contributed by atoms with Gasteiger partial charge in [0.15, 0.2) is 0 Å². The summed E-state index contributed by atoms with van der Waals surface area (Å²) in [4.78, 5) is 28.4. The molecule has 0 saturated heterocycles. The molecule has 0 aliphatic carbocycles. The molecular formula is C63H95N3O10S3. The molecule has 0 aliphatic heterocycles. The van der Waals surface area contributed by atoms with Crippen molar-refractivity contribution < 1.29 is 44.3 Å². The second-order valence-corrected chi connectivity index (χ2v) is 30.9. The number of carbonyl (C=O) groups excluding carboxylic acids is 2. The molecule has 16 heteroatoms. The minimum atomic E-state index is -4.67. The van der Waals surface area contributed by atoms with Crippen LogP contribution in [0.3, 0.4) is 0 Å². The van der Waals surface area contributed by atoms with Crippen LogP contribution in [0.4, 0.5) is 9.59 Å². The lowest BCUT2D eigenvalue weighted by Crippen LogP contribution is -2.42. The summed E-state index contributed by atoms with van der Waals surface area (Å²) >= 11 is 0. The molecule has 0 N–H and O–H groups in total. The zero-order valence-corrected chi connectivity index (χ0v) is 54.6. The summed E-state index contributed by atoms with van der Waals surface area (Å²) in [6.07, 6.45) is -2.30. The first kappa shape index (κ1) is 68.4. The predicted octanol–water partition coefficient (Wildman–Crippen LogP) is 15.0. The second kappa shape index (κ2) is 26.8. The molecule has 0 saturated carbocycles. The van der Waals surface area contributed by atoms with Gasteiger partial charge in [-0.25, -0.2) is 34.8 Å². The highest BCUT2D eigenvalue weighted by Crippen LogP contribution is 2.40. The van der Waals surface area contributed by atoms with Crippen LogP contribution >= 0.6 is 0 Å². The third kappa shape index (κ3) is 17.1. The van der Waals surface area contributed by atoms with Gasteiger partial charge in [0.25, 0.3) is 20.0 Å². The van der Waals surface area contributed by atoms with Crippen LogP contribution in [0.2, 0.25) is 0 Å². The Labute approximate surface area is 478 Å². The molecule has 0 radical (unpaired) electrons. The van der Waals surface area contributed by atoms with Crippen molar-refractivity contribution in [1.29, 1.82) is 0 Å². The third-order valence-corrected chi connectivity index (χ3v) is 18.9. The van der Waals surface area contributed by atoms with Crippen molar-refractivity contribution in [1.82, 2.24) is 12.9 Å². The van der Waals surface area contributed by atoms with Crippen molar-refractivity contribution in [2.75, 3.05) is 26.2 Å². The fourth-order valence-corrected chi connectivity index (χ4v) is 14.5. The van der Waals surface area contributed by atoms with E-state index < -0.39 is 79.6 Å². The van der Waals surface area contributed by atoms with Crippen molar-refractivity contribution >= 4 is 42.3 Å². The number of ether oxygens (including phenoxy) is 2. The zero-order chi connectivity index (χ0) is 60.8. The Balaban J connectivity index is 2.41. The van der Waals surface area contributed by atoms with Gasteiger partial charge in [0.2, 0.25) is 10.0 Å². The average Bonchev–Trinajstić information content (AvgIpc) is 3.29. The Hall–Kier alpha value is -4.87. The lowest BCUT2D eigenvalue weighted by molar-refractivity contribution is 0.0393. The number of benzene rings is 3. The van der Waals surface area contributed by atoms with Gasteiger partial charge in [0, 0.05) is 0 Å². The van der Waals surface area contributed by atoms with E-state index in [-0.39, 0.29) is 67.9 Å². The second-order valence-electron chi connectivity index (χ2n) is 25.4. The number of hydrogen-bond acceptors (Lipinski definition) is 10. The first-order valence-corrected chi connectivity index (χ1v) is 32.3. The molecule has 3 aromatic carbocycles. The van der Waals surface area contributed by atoms with E-state index in [0.29, 0.717) is 42.0 Å². The molecule has 0 spiro atoms. The molecule has 0 bridgehead atoms. The largest absolute Gasteiger partial charge is 0.443 e. The summed E-state index contributed by atoms with van der Waals surface area (Å²) in [5.41, 5.74) is 4.02. The first-order valence-electron chi connectivity index (χ1n) is 28.0. The maximum absolute atomic E-state index is 15.5. The van der Waals surface area contributed by atoms with E-state index >= 15 is 25.3 Å². The fourth-order valence-electron chi connectivity index (χ4n) is 8.80. The van der Waals surface area contributed by atoms with E-state index in [2.05, 4.69) is 23.7 Å². The van der Waals surface area contributed by atoms with Gasteiger partial charge < -0.3 is 9.47 Å². The van der Waals surface area contributed by atoms with Gasteiger partial charge in [-0.2, -0.15) is 12.9 Å². The molecule has 3 rings (SSSR count). The molecule has 0 unspecified atom stereocenters. The van der Waals surface area contributed by atoms with Crippen LogP contribution in [0, 0.1) is 23.7 Å². The molecule has 0 aliphatic rings. The van der Waals surface area contributed by atoms with Gasteiger partial charge in [-0.15, -0.1) is 0 Å². The van der Waals surface area contributed by atoms with E-state index in [1.54, 1.807) is 41.5 Å².